The predicted molar refractivity (Wildman–Crippen MR) is 214 cm³/mol. The third kappa shape index (κ3) is 9.03. The van der Waals surface area contributed by atoms with Gasteiger partial charge in [0.1, 0.15) is 0 Å². The van der Waals surface area contributed by atoms with Gasteiger partial charge in [-0.15, -0.1) is 0 Å². The summed E-state index contributed by atoms with van der Waals surface area (Å²) >= 11 is 0. The van der Waals surface area contributed by atoms with E-state index < -0.39 is 0 Å². The van der Waals surface area contributed by atoms with Crippen LogP contribution < -0.4 is 21.7 Å². The molecule has 0 saturated carbocycles. The summed E-state index contributed by atoms with van der Waals surface area (Å²) in [6.07, 6.45) is 18.4. The molecule has 254 valence electrons. The number of anilines is 2. The van der Waals surface area contributed by atoms with E-state index in [4.69, 9.17) is 5.73 Å². The Labute approximate surface area is 294 Å². The lowest BCUT2D eigenvalue weighted by Crippen LogP contribution is -2.46. The summed E-state index contributed by atoms with van der Waals surface area (Å²) in [4.78, 5) is 2.24. The van der Waals surface area contributed by atoms with Crippen LogP contribution in [0, 0.1) is 11.3 Å². The first-order valence-corrected chi connectivity index (χ1v) is 17.1. The molecular formula is C43H52N6. The topological polar surface area (TPSA) is 89.1 Å². The standard InChI is InChI=1S/C39H40N6.2C2H6/c1-6-31(41)19-13-26(2)28-14-15-30(25-40)33(23-28)38-11-8-12-39(45(38)5)37-10-7-9-36(44-37)34-24-29(18-22-35(34)43-4)27-16-20-32(42-3)21-17-27;2*1-2/h6-24,37,39,42-44H,2,41H2,1,3-5H3;2*1-2H3/b19-13-,31-6+;;. The highest BCUT2D eigenvalue weighted by Gasteiger charge is 2.28. The van der Waals surface area contributed by atoms with Crippen molar-refractivity contribution in [3.63, 3.8) is 0 Å². The number of nitrogens with one attached hydrogen (secondary N) is 3. The van der Waals surface area contributed by atoms with E-state index in [-0.39, 0.29) is 12.1 Å². The van der Waals surface area contributed by atoms with E-state index in [2.05, 4.69) is 119 Å². The van der Waals surface area contributed by atoms with Crippen molar-refractivity contribution in [1.82, 2.24) is 10.2 Å². The maximum atomic E-state index is 10.0. The molecule has 6 heteroatoms. The van der Waals surface area contributed by atoms with Gasteiger partial charge in [0.25, 0.3) is 0 Å². The Morgan fingerprint density at radius 1 is 0.878 bits per heavy atom. The van der Waals surface area contributed by atoms with Crippen molar-refractivity contribution in [2.75, 3.05) is 31.8 Å². The molecule has 2 unspecified atom stereocenters. The number of likely N-dealkylation sites (N-methyl/N-ethyl adjacent to an activating group) is 1. The Morgan fingerprint density at radius 2 is 1.57 bits per heavy atom. The van der Waals surface area contributed by atoms with E-state index in [9.17, 15) is 5.26 Å². The van der Waals surface area contributed by atoms with Gasteiger partial charge in [0.15, 0.2) is 0 Å². The highest BCUT2D eigenvalue weighted by atomic mass is 15.2. The van der Waals surface area contributed by atoms with Crippen LogP contribution >= 0.6 is 0 Å². The third-order valence-electron chi connectivity index (χ3n) is 8.34. The minimum absolute atomic E-state index is 0.00588. The second-order valence-corrected chi connectivity index (χ2v) is 11.0. The minimum Gasteiger partial charge on any atom is -0.399 e. The molecule has 2 atom stereocenters. The van der Waals surface area contributed by atoms with Crippen molar-refractivity contribution in [2.24, 2.45) is 5.73 Å². The average molecular weight is 653 g/mol. The SMILES string of the molecule is C=C(/C=C\C(N)=C/C)c1ccc(C#N)c(C2=CC=CC(C3C=CC=C(c4cc(-c5ccc(NC)cc5)ccc4NC)N3)N2C)c1.CC.CC. The van der Waals surface area contributed by atoms with Gasteiger partial charge >= 0.3 is 0 Å². The number of nitrogens with two attached hydrogens (primary N) is 1. The third-order valence-corrected chi connectivity index (χ3v) is 8.34. The lowest BCUT2D eigenvalue weighted by atomic mass is 9.92. The van der Waals surface area contributed by atoms with Gasteiger partial charge in [0, 0.05) is 60.7 Å². The number of nitriles is 1. The number of benzene rings is 3. The highest BCUT2D eigenvalue weighted by Crippen LogP contribution is 2.34. The van der Waals surface area contributed by atoms with Crippen LogP contribution in [0.4, 0.5) is 11.4 Å². The van der Waals surface area contributed by atoms with Gasteiger partial charge in [-0.1, -0.05) is 95.0 Å². The smallest absolute Gasteiger partial charge is 0.0998 e. The second kappa shape index (κ2) is 18.6. The van der Waals surface area contributed by atoms with Crippen LogP contribution in [0.5, 0.6) is 0 Å². The molecule has 2 aliphatic heterocycles. The van der Waals surface area contributed by atoms with Gasteiger partial charge in [0.2, 0.25) is 0 Å². The highest BCUT2D eigenvalue weighted by molar-refractivity contribution is 5.83. The largest absolute Gasteiger partial charge is 0.399 e. The molecule has 0 amide bonds. The molecule has 5 rings (SSSR count). The van der Waals surface area contributed by atoms with Crippen molar-refractivity contribution in [1.29, 1.82) is 5.26 Å². The summed E-state index contributed by atoms with van der Waals surface area (Å²) in [7, 11) is 5.96. The van der Waals surface area contributed by atoms with Gasteiger partial charge in [-0.2, -0.15) is 5.26 Å². The first-order chi connectivity index (χ1) is 23.9. The molecule has 6 nitrogen and oxygen atoms in total. The molecule has 0 aliphatic carbocycles. The number of nitrogens with zero attached hydrogens (tertiary/aromatic N) is 2. The maximum Gasteiger partial charge on any atom is 0.0998 e. The molecule has 2 aliphatic rings. The fourth-order valence-corrected chi connectivity index (χ4v) is 5.66. The Bertz CT molecular complexity index is 1810. The van der Waals surface area contributed by atoms with E-state index in [1.807, 2.05) is 85.1 Å². The average Bonchev–Trinajstić information content (AvgIpc) is 3.18. The van der Waals surface area contributed by atoms with Crippen molar-refractivity contribution in [2.45, 2.75) is 46.7 Å². The van der Waals surface area contributed by atoms with Crippen LogP contribution in [0.25, 0.3) is 28.1 Å². The molecule has 2 heterocycles. The van der Waals surface area contributed by atoms with Crippen LogP contribution in [-0.2, 0) is 0 Å². The Kier molecular flexibility index (Phi) is 14.4. The van der Waals surface area contributed by atoms with E-state index in [1.165, 1.54) is 0 Å². The number of hydrogen-bond acceptors (Lipinski definition) is 6. The van der Waals surface area contributed by atoms with Crippen LogP contribution in [0.3, 0.4) is 0 Å². The Balaban J connectivity index is 0.00000157. The molecule has 3 aromatic rings. The molecule has 0 radical (unpaired) electrons. The predicted octanol–water partition coefficient (Wildman–Crippen LogP) is 9.57. The fourth-order valence-electron chi connectivity index (χ4n) is 5.66. The van der Waals surface area contributed by atoms with Gasteiger partial charge in [0.05, 0.1) is 23.7 Å². The second-order valence-electron chi connectivity index (χ2n) is 11.0. The van der Waals surface area contributed by atoms with Crippen LogP contribution in [0.15, 0.2) is 128 Å². The van der Waals surface area contributed by atoms with Gasteiger partial charge in [-0.3, -0.25) is 0 Å². The molecule has 3 aromatic carbocycles. The van der Waals surface area contributed by atoms with E-state index in [0.29, 0.717) is 11.3 Å². The first kappa shape index (κ1) is 37.8. The fraction of sp³-hybridized carbons (Fsp3) is 0.233. The number of rotatable bonds is 9. The summed E-state index contributed by atoms with van der Waals surface area (Å²) in [5.74, 6) is 0. The molecule has 0 fully saturated rings. The summed E-state index contributed by atoms with van der Waals surface area (Å²) in [6.45, 7) is 14.1. The monoisotopic (exact) mass is 652 g/mol. The molecule has 0 spiro atoms. The summed E-state index contributed by atoms with van der Waals surface area (Å²) < 4.78 is 0. The zero-order valence-electron chi connectivity index (χ0n) is 30.3. The van der Waals surface area contributed by atoms with Crippen molar-refractivity contribution >= 4 is 28.3 Å². The lowest BCUT2D eigenvalue weighted by molar-refractivity contribution is 0.357. The molecule has 0 saturated heterocycles. The van der Waals surface area contributed by atoms with Gasteiger partial charge in [-0.25, -0.2) is 0 Å². The quantitative estimate of drug-likeness (QED) is 0.172. The van der Waals surface area contributed by atoms with Crippen molar-refractivity contribution in [3.8, 4) is 17.2 Å². The zero-order chi connectivity index (χ0) is 35.9. The summed E-state index contributed by atoms with van der Waals surface area (Å²) in [5.41, 5.74) is 17.4. The van der Waals surface area contributed by atoms with Crippen molar-refractivity contribution < 1.29 is 0 Å². The summed E-state index contributed by atoms with van der Waals surface area (Å²) in [5, 5.41) is 20.4. The number of dihydropyridines is 1. The van der Waals surface area contributed by atoms with Crippen molar-refractivity contribution in [3.05, 3.63) is 150 Å². The van der Waals surface area contributed by atoms with Crippen LogP contribution in [0.2, 0.25) is 0 Å². The van der Waals surface area contributed by atoms with Gasteiger partial charge in [-0.05, 0) is 83.8 Å². The van der Waals surface area contributed by atoms with E-state index in [0.717, 1.165) is 56.2 Å². The molecular weight excluding hydrogens is 601 g/mol. The zero-order valence-corrected chi connectivity index (χ0v) is 30.3. The first-order valence-electron chi connectivity index (χ1n) is 17.1. The summed E-state index contributed by atoms with van der Waals surface area (Å²) in [6, 6.07) is 23.2. The van der Waals surface area contributed by atoms with Crippen LogP contribution in [-0.4, -0.2) is 38.1 Å². The van der Waals surface area contributed by atoms with E-state index in [1.54, 1.807) is 0 Å². The molecule has 5 N–H and O–H groups in total. The maximum absolute atomic E-state index is 10.0. The van der Waals surface area contributed by atoms with Crippen LogP contribution in [0.1, 0.15) is 56.9 Å². The normalized spacial score (nSPS) is 16.6. The Morgan fingerprint density at radius 3 is 2.22 bits per heavy atom. The molecule has 49 heavy (non-hydrogen) atoms. The van der Waals surface area contributed by atoms with Gasteiger partial charge < -0.3 is 26.6 Å². The Hall–Kier alpha value is -5.67. The lowest BCUT2D eigenvalue weighted by Gasteiger charge is -2.38. The number of allylic oxidation sites excluding steroid dienone is 8. The molecule has 0 aromatic heterocycles. The molecule has 0 bridgehead atoms. The minimum atomic E-state index is -0.00588. The number of hydrogen-bond donors (Lipinski definition) is 4. The van der Waals surface area contributed by atoms with E-state index >= 15 is 0 Å².